The van der Waals surface area contributed by atoms with Gasteiger partial charge in [-0.3, -0.25) is 9.48 Å². The van der Waals surface area contributed by atoms with Crippen LogP contribution in [0.3, 0.4) is 0 Å². The van der Waals surface area contributed by atoms with Crippen LogP contribution in [0.5, 0.6) is 0 Å². The molecular weight excluding hydrogens is 382 g/mol. The molecule has 0 aliphatic heterocycles. The van der Waals surface area contributed by atoms with Crippen molar-refractivity contribution in [2.24, 2.45) is 0 Å². The Labute approximate surface area is 180 Å². The highest BCUT2D eigenvalue weighted by atomic mass is 16.1. The van der Waals surface area contributed by atoms with E-state index in [0.29, 0.717) is 17.9 Å². The van der Waals surface area contributed by atoms with Crippen molar-refractivity contribution < 1.29 is 4.79 Å². The number of hydrogen-bond donors (Lipinski definition) is 1. The summed E-state index contributed by atoms with van der Waals surface area (Å²) in [6.07, 6.45) is 1.88. The van der Waals surface area contributed by atoms with E-state index in [2.05, 4.69) is 52.9 Å². The maximum atomic E-state index is 12.6. The van der Waals surface area contributed by atoms with Crippen molar-refractivity contribution in [3.8, 4) is 11.1 Å². The third kappa shape index (κ3) is 4.09. The number of anilines is 1. The van der Waals surface area contributed by atoms with E-state index in [9.17, 15) is 4.79 Å². The third-order valence-corrected chi connectivity index (χ3v) is 5.35. The second-order valence-corrected chi connectivity index (χ2v) is 7.43. The Morgan fingerprint density at radius 2 is 1.45 bits per heavy atom. The van der Waals surface area contributed by atoms with Crippen molar-refractivity contribution in [1.82, 2.24) is 9.78 Å². The lowest BCUT2D eigenvalue weighted by atomic mass is 10.0. The van der Waals surface area contributed by atoms with Crippen molar-refractivity contribution >= 4 is 22.5 Å². The number of nitrogens with one attached hydrogen (secondary N) is 1. The SMILES string of the molecule is O=C(Nc1ccn(Cc2cccc3ccccc23)n1)c1ccc(-c2ccccc2)cc1. The van der Waals surface area contributed by atoms with Gasteiger partial charge >= 0.3 is 0 Å². The summed E-state index contributed by atoms with van der Waals surface area (Å²) in [7, 11) is 0. The highest BCUT2D eigenvalue weighted by Gasteiger charge is 2.09. The number of aromatic nitrogens is 2. The number of nitrogens with zero attached hydrogens (tertiary/aromatic N) is 2. The molecule has 0 aliphatic rings. The lowest BCUT2D eigenvalue weighted by Crippen LogP contribution is -2.12. The predicted molar refractivity (Wildman–Crippen MR) is 125 cm³/mol. The smallest absolute Gasteiger partial charge is 0.256 e. The van der Waals surface area contributed by atoms with Gasteiger partial charge in [-0.2, -0.15) is 5.10 Å². The lowest BCUT2D eigenvalue weighted by molar-refractivity contribution is 0.102. The lowest BCUT2D eigenvalue weighted by Gasteiger charge is -2.07. The molecule has 1 aromatic heterocycles. The Bertz CT molecular complexity index is 1330. The van der Waals surface area contributed by atoms with Gasteiger partial charge in [0, 0.05) is 17.8 Å². The molecule has 0 atom stereocenters. The minimum absolute atomic E-state index is 0.171. The van der Waals surface area contributed by atoms with Crippen molar-refractivity contribution in [2.45, 2.75) is 6.54 Å². The molecule has 4 heteroatoms. The average molecular weight is 403 g/mol. The Morgan fingerprint density at radius 1 is 0.742 bits per heavy atom. The van der Waals surface area contributed by atoms with Crippen LogP contribution < -0.4 is 5.32 Å². The van der Waals surface area contributed by atoms with Crippen LogP contribution in [0.15, 0.2) is 109 Å². The topological polar surface area (TPSA) is 46.9 Å². The molecule has 5 rings (SSSR count). The standard InChI is InChI=1S/C27H21N3O/c31-27(23-15-13-21(14-16-23)20-7-2-1-3-8-20)28-26-17-18-30(29-26)19-24-11-6-10-22-9-4-5-12-25(22)24/h1-18H,19H2,(H,28,29,31). The molecule has 1 N–H and O–H groups in total. The van der Waals surface area contributed by atoms with Gasteiger partial charge in [0.1, 0.15) is 0 Å². The van der Waals surface area contributed by atoms with Gasteiger partial charge in [0.25, 0.3) is 5.91 Å². The normalized spacial score (nSPS) is 10.8. The molecule has 0 saturated carbocycles. The minimum Gasteiger partial charge on any atom is -0.305 e. The molecule has 0 unspecified atom stereocenters. The molecule has 4 aromatic carbocycles. The van der Waals surface area contributed by atoms with E-state index < -0.39 is 0 Å². The van der Waals surface area contributed by atoms with E-state index in [1.54, 1.807) is 0 Å². The molecule has 5 aromatic rings. The summed E-state index contributed by atoms with van der Waals surface area (Å²) in [5.74, 6) is 0.368. The van der Waals surface area contributed by atoms with Crippen LogP contribution in [0, 0.1) is 0 Å². The van der Waals surface area contributed by atoms with Gasteiger partial charge < -0.3 is 5.32 Å². The quantitative estimate of drug-likeness (QED) is 0.391. The molecule has 31 heavy (non-hydrogen) atoms. The van der Waals surface area contributed by atoms with Crippen LogP contribution in [-0.2, 0) is 6.54 Å². The Kier molecular flexibility index (Phi) is 5.03. The van der Waals surface area contributed by atoms with Crippen LogP contribution in [0.2, 0.25) is 0 Å². The molecule has 0 radical (unpaired) electrons. The maximum absolute atomic E-state index is 12.6. The number of rotatable bonds is 5. The first-order valence-corrected chi connectivity index (χ1v) is 10.2. The number of carbonyl (C=O) groups is 1. The number of hydrogen-bond acceptors (Lipinski definition) is 2. The third-order valence-electron chi connectivity index (χ3n) is 5.35. The van der Waals surface area contributed by atoms with Gasteiger partial charge in [-0.1, -0.05) is 84.9 Å². The summed E-state index contributed by atoms with van der Waals surface area (Å²) in [5.41, 5.74) is 4.00. The second kappa shape index (κ2) is 8.28. The van der Waals surface area contributed by atoms with Crippen molar-refractivity contribution in [2.75, 3.05) is 5.32 Å². The van der Waals surface area contributed by atoms with Gasteiger partial charge in [0.2, 0.25) is 0 Å². The molecule has 0 fully saturated rings. The van der Waals surface area contributed by atoms with Crippen molar-refractivity contribution in [3.63, 3.8) is 0 Å². The summed E-state index contributed by atoms with van der Waals surface area (Å²) in [4.78, 5) is 12.6. The van der Waals surface area contributed by atoms with Crippen LogP contribution in [0.4, 0.5) is 5.82 Å². The molecule has 1 heterocycles. The first-order valence-electron chi connectivity index (χ1n) is 10.2. The molecule has 0 spiro atoms. The maximum Gasteiger partial charge on any atom is 0.256 e. The molecule has 0 aliphatic carbocycles. The van der Waals surface area contributed by atoms with Gasteiger partial charge in [-0.25, -0.2) is 0 Å². The zero-order valence-electron chi connectivity index (χ0n) is 16.9. The highest BCUT2D eigenvalue weighted by Crippen LogP contribution is 2.21. The van der Waals surface area contributed by atoms with E-state index in [0.717, 1.165) is 11.1 Å². The predicted octanol–water partition coefficient (Wildman–Crippen LogP) is 6.00. The van der Waals surface area contributed by atoms with E-state index in [-0.39, 0.29) is 5.91 Å². The largest absolute Gasteiger partial charge is 0.305 e. The monoisotopic (exact) mass is 403 g/mol. The molecule has 1 amide bonds. The fourth-order valence-corrected chi connectivity index (χ4v) is 3.75. The number of fused-ring (bicyclic) bond motifs is 1. The number of amides is 1. The zero-order valence-corrected chi connectivity index (χ0v) is 16.9. The van der Waals surface area contributed by atoms with Gasteiger partial charge in [0.05, 0.1) is 6.54 Å². The van der Waals surface area contributed by atoms with Gasteiger partial charge in [-0.05, 0) is 39.6 Å². The Balaban J connectivity index is 1.29. The van der Waals surface area contributed by atoms with Gasteiger partial charge in [-0.15, -0.1) is 0 Å². The summed E-state index contributed by atoms with van der Waals surface area (Å²) < 4.78 is 1.84. The van der Waals surface area contributed by atoms with E-state index in [1.165, 1.54) is 16.3 Å². The van der Waals surface area contributed by atoms with Crippen LogP contribution in [0.25, 0.3) is 21.9 Å². The minimum atomic E-state index is -0.171. The Hall–Kier alpha value is -4.18. The summed E-state index contributed by atoms with van der Waals surface area (Å²) in [6, 6.07) is 34.1. The highest BCUT2D eigenvalue weighted by molar-refractivity contribution is 6.04. The summed E-state index contributed by atoms with van der Waals surface area (Å²) in [6.45, 7) is 0.642. The van der Waals surface area contributed by atoms with Crippen molar-refractivity contribution in [3.05, 3.63) is 120 Å². The number of benzene rings is 4. The zero-order chi connectivity index (χ0) is 21.0. The number of carbonyl (C=O) groups excluding carboxylic acids is 1. The van der Waals surface area contributed by atoms with Crippen molar-refractivity contribution in [1.29, 1.82) is 0 Å². The molecule has 4 nitrogen and oxygen atoms in total. The first-order chi connectivity index (χ1) is 15.3. The van der Waals surface area contributed by atoms with Crippen LogP contribution in [-0.4, -0.2) is 15.7 Å². The first kappa shape index (κ1) is 18.8. The fraction of sp³-hybridized carbons (Fsp3) is 0.0370. The molecule has 150 valence electrons. The van der Waals surface area contributed by atoms with Crippen LogP contribution >= 0.6 is 0 Å². The van der Waals surface area contributed by atoms with E-state index in [1.807, 2.05) is 71.5 Å². The van der Waals surface area contributed by atoms with E-state index >= 15 is 0 Å². The fourth-order valence-electron chi connectivity index (χ4n) is 3.75. The van der Waals surface area contributed by atoms with Crippen LogP contribution in [0.1, 0.15) is 15.9 Å². The average Bonchev–Trinajstić information content (AvgIpc) is 3.26. The molecular formula is C27H21N3O. The second-order valence-electron chi connectivity index (χ2n) is 7.43. The Morgan fingerprint density at radius 3 is 2.29 bits per heavy atom. The molecule has 0 saturated heterocycles. The van der Waals surface area contributed by atoms with Gasteiger partial charge in [0.15, 0.2) is 5.82 Å². The summed E-state index contributed by atoms with van der Waals surface area (Å²) >= 11 is 0. The molecule has 0 bridgehead atoms. The van der Waals surface area contributed by atoms with E-state index in [4.69, 9.17) is 0 Å². The summed E-state index contributed by atoms with van der Waals surface area (Å²) in [5, 5.41) is 9.84.